The molecule has 1 fully saturated rings. The van der Waals surface area contributed by atoms with Gasteiger partial charge >= 0.3 is 5.69 Å². The van der Waals surface area contributed by atoms with Crippen LogP contribution in [0, 0.1) is 0 Å². The first-order valence-corrected chi connectivity index (χ1v) is 12.0. The molecule has 37 heavy (non-hydrogen) atoms. The monoisotopic (exact) mass is 515 g/mol. The molecule has 2 aromatic carbocycles. The van der Waals surface area contributed by atoms with Crippen molar-refractivity contribution in [2.75, 3.05) is 40.6 Å². The van der Waals surface area contributed by atoms with E-state index in [9.17, 15) is 23.9 Å². The quantitative estimate of drug-likeness (QED) is 0.409. The van der Waals surface area contributed by atoms with Crippen LogP contribution in [0.4, 0.5) is 4.39 Å². The number of alkyl halides is 1. The molecule has 198 valence electrons. The van der Waals surface area contributed by atoms with Gasteiger partial charge in [0.25, 0.3) is 5.56 Å². The highest BCUT2D eigenvalue weighted by molar-refractivity contribution is 5.80. The Morgan fingerprint density at radius 2 is 1.81 bits per heavy atom. The summed E-state index contributed by atoms with van der Waals surface area (Å²) in [6, 6.07) is 9.54. The number of likely N-dealkylation sites (tertiary alicyclic amines) is 1. The number of hydrogen-bond donors (Lipinski definition) is 1. The number of aliphatic hydroxyl groups is 1. The van der Waals surface area contributed by atoms with Crippen LogP contribution in [0.1, 0.15) is 24.4 Å². The minimum atomic E-state index is -1.06. The number of rotatable bonds is 10. The molecule has 1 unspecified atom stereocenters. The number of piperidine rings is 1. The number of aliphatic hydroxyl groups excluding tert-OH is 1. The maximum Gasteiger partial charge on any atom is 0.332 e. The number of halogens is 1. The Bertz CT molecular complexity index is 1380. The average molecular weight is 516 g/mol. The van der Waals surface area contributed by atoms with Crippen LogP contribution in [0.2, 0.25) is 0 Å². The number of amides is 1. The van der Waals surface area contributed by atoms with Crippen LogP contribution in [-0.4, -0.2) is 72.2 Å². The molecule has 0 radical (unpaired) electrons. The molecule has 1 saturated heterocycles. The van der Waals surface area contributed by atoms with E-state index in [4.69, 9.17) is 14.2 Å². The van der Waals surface area contributed by atoms with Crippen LogP contribution in [-0.2, 0) is 11.3 Å². The zero-order valence-corrected chi connectivity index (χ0v) is 20.8. The first kappa shape index (κ1) is 26.2. The lowest BCUT2D eigenvalue weighted by molar-refractivity contribution is -0.119. The van der Waals surface area contributed by atoms with Crippen LogP contribution in [0.3, 0.4) is 0 Å². The average Bonchev–Trinajstić information content (AvgIpc) is 2.94. The van der Waals surface area contributed by atoms with Gasteiger partial charge in [0.05, 0.1) is 38.3 Å². The standard InChI is InChI=1S/C26H30FN3O7/c1-35-23-6-3-17(11-24(23)36-2)14-29-25(33)21-12-19(37-20(13-27)15-31)4-5-22(21)30(26(29)34)18-7-9-28(16-32)10-8-18/h3-6,11-12,16,18,20,31H,7-10,13-15H2,1-2H3. The van der Waals surface area contributed by atoms with E-state index in [0.29, 0.717) is 48.5 Å². The molecular weight excluding hydrogens is 485 g/mol. The van der Waals surface area contributed by atoms with Crippen LogP contribution >= 0.6 is 0 Å². The summed E-state index contributed by atoms with van der Waals surface area (Å²) in [5.74, 6) is 1.19. The molecule has 0 aliphatic carbocycles. The molecule has 3 aromatic rings. The van der Waals surface area contributed by atoms with Crippen LogP contribution in [0.5, 0.6) is 17.2 Å². The third-order valence-corrected chi connectivity index (χ3v) is 6.62. The molecule has 4 rings (SSSR count). The van der Waals surface area contributed by atoms with Crippen molar-refractivity contribution >= 4 is 17.3 Å². The third kappa shape index (κ3) is 5.31. The van der Waals surface area contributed by atoms with Gasteiger partial charge in [0, 0.05) is 19.1 Å². The summed E-state index contributed by atoms with van der Waals surface area (Å²) in [7, 11) is 3.02. The second kappa shape index (κ2) is 11.5. The van der Waals surface area contributed by atoms with Crippen LogP contribution in [0.25, 0.3) is 10.9 Å². The predicted molar refractivity (Wildman–Crippen MR) is 135 cm³/mol. The normalized spacial score (nSPS) is 15.0. The number of hydrogen-bond acceptors (Lipinski definition) is 7. The molecule has 1 N–H and O–H groups in total. The molecule has 0 spiro atoms. The van der Waals surface area contributed by atoms with E-state index in [0.717, 1.165) is 11.0 Å². The van der Waals surface area contributed by atoms with Gasteiger partial charge in [-0.3, -0.25) is 18.7 Å². The Morgan fingerprint density at radius 1 is 1.08 bits per heavy atom. The van der Waals surface area contributed by atoms with E-state index in [1.54, 1.807) is 39.8 Å². The number of fused-ring (bicyclic) bond motifs is 1. The lowest BCUT2D eigenvalue weighted by Gasteiger charge is -2.31. The molecule has 0 bridgehead atoms. The summed E-state index contributed by atoms with van der Waals surface area (Å²) < 4.78 is 32.0. The van der Waals surface area contributed by atoms with Gasteiger partial charge in [-0.25, -0.2) is 9.18 Å². The topological polar surface area (TPSA) is 112 Å². The minimum absolute atomic E-state index is 0.0179. The first-order chi connectivity index (χ1) is 17.9. The maximum absolute atomic E-state index is 13.8. The molecule has 0 saturated carbocycles. The lowest BCUT2D eigenvalue weighted by Crippen LogP contribution is -2.44. The fourth-order valence-electron chi connectivity index (χ4n) is 4.65. The zero-order chi connectivity index (χ0) is 26.5. The van der Waals surface area contributed by atoms with E-state index < -0.39 is 30.6 Å². The highest BCUT2D eigenvalue weighted by Gasteiger charge is 2.25. The number of carbonyl (C=O) groups excluding carboxylic acids is 1. The molecule has 1 aliphatic heterocycles. The predicted octanol–water partition coefficient (Wildman–Crippen LogP) is 1.73. The molecule has 11 heteroatoms. The van der Waals surface area contributed by atoms with Gasteiger partial charge in [-0.15, -0.1) is 0 Å². The summed E-state index contributed by atoms with van der Waals surface area (Å²) in [4.78, 5) is 40.2. The van der Waals surface area contributed by atoms with E-state index >= 15 is 0 Å². The van der Waals surface area contributed by atoms with E-state index in [-0.39, 0.29) is 23.7 Å². The number of carbonyl (C=O) groups is 1. The Kier molecular flexibility index (Phi) is 8.12. The Labute approximate surface area is 212 Å². The number of ether oxygens (including phenoxy) is 3. The largest absolute Gasteiger partial charge is 0.493 e. The van der Waals surface area contributed by atoms with Gasteiger partial charge < -0.3 is 24.2 Å². The second-order valence-corrected chi connectivity index (χ2v) is 8.86. The summed E-state index contributed by atoms with van der Waals surface area (Å²) >= 11 is 0. The molecule has 1 amide bonds. The lowest BCUT2D eigenvalue weighted by atomic mass is 10.0. The van der Waals surface area contributed by atoms with Crippen molar-refractivity contribution in [1.29, 1.82) is 0 Å². The fraction of sp³-hybridized carbons (Fsp3) is 0.423. The SMILES string of the molecule is COc1ccc(Cn2c(=O)c3cc(OC(CO)CF)ccc3n(C3CCN(C=O)CC3)c2=O)cc1OC. The molecule has 2 heterocycles. The van der Waals surface area contributed by atoms with Gasteiger partial charge in [0.2, 0.25) is 6.41 Å². The van der Waals surface area contributed by atoms with Gasteiger partial charge in [-0.05, 0) is 48.7 Å². The van der Waals surface area contributed by atoms with Gasteiger partial charge in [0.1, 0.15) is 18.5 Å². The third-order valence-electron chi connectivity index (χ3n) is 6.62. The number of benzene rings is 2. The Balaban J connectivity index is 1.85. The van der Waals surface area contributed by atoms with E-state index in [1.165, 1.54) is 20.3 Å². The van der Waals surface area contributed by atoms with Crippen molar-refractivity contribution in [2.24, 2.45) is 0 Å². The summed E-state index contributed by atoms with van der Waals surface area (Å²) in [5, 5.41) is 9.54. The van der Waals surface area contributed by atoms with Crippen LogP contribution in [0.15, 0.2) is 46.0 Å². The highest BCUT2D eigenvalue weighted by atomic mass is 19.1. The van der Waals surface area contributed by atoms with Crippen molar-refractivity contribution in [3.05, 3.63) is 62.8 Å². The number of methoxy groups -OCH3 is 2. The highest BCUT2D eigenvalue weighted by Crippen LogP contribution is 2.29. The molecule has 1 aliphatic rings. The maximum atomic E-state index is 13.8. The summed E-state index contributed by atoms with van der Waals surface area (Å²) in [5.41, 5.74) is 0.0880. The van der Waals surface area contributed by atoms with Crippen molar-refractivity contribution in [1.82, 2.24) is 14.0 Å². The van der Waals surface area contributed by atoms with Crippen LogP contribution < -0.4 is 25.5 Å². The Morgan fingerprint density at radius 3 is 2.43 bits per heavy atom. The number of aromatic nitrogens is 2. The minimum Gasteiger partial charge on any atom is -0.493 e. The molecule has 1 aromatic heterocycles. The molecule has 1 atom stereocenters. The van der Waals surface area contributed by atoms with E-state index in [1.807, 2.05) is 0 Å². The molecule has 10 nitrogen and oxygen atoms in total. The van der Waals surface area contributed by atoms with Gasteiger partial charge in [0.15, 0.2) is 11.5 Å². The zero-order valence-electron chi connectivity index (χ0n) is 20.8. The molecular formula is C26H30FN3O7. The smallest absolute Gasteiger partial charge is 0.332 e. The van der Waals surface area contributed by atoms with Gasteiger partial charge in [-0.1, -0.05) is 6.07 Å². The Hall–Kier alpha value is -3.86. The van der Waals surface area contributed by atoms with Crippen molar-refractivity contribution in [2.45, 2.75) is 31.5 Å². The number of nitrogens with zero attached hydrogens (tertiary/aromatic N) is 3. The first-order valence-electron chi connectivity index (χ1n) is 12.0. The van der Waals surface area contributed by atoms with E-state index in [2.05, 4.69) is 0 Å². The van der Waals surface area contributed by atoms with Gasteiger partial charge in [-0.2, -0.15) is 0 Å². The summed E-state index contributed by atoms with van der Waals surface area (Å²) in [6.45, 7) is -0.449. The fourth-order valence-corrected chi connectivity index (χ4v) is 4.65. The van der Waals surface area contributed by atoms with Crippen molar-refractivity contribution in [3.8, 4) is 17.2 Å². The summed E-state index contributed by atoms with van der Waals surface area (Å²) in [6.07, 6.45) is 0.829. The van der Waals surface area contributed by atoms with Crippen molar-refractivity contribution in [3.63, 3.8) is 0 Å². The second-order valence-electron chi connectivity index (χ2n) is 8.86. The van der Waals surface area contributed by atoms with Crippen molar-refractivity contribution < 1.29 is 28.5 Å².